The lowest BCUT2D eigenvalue weighted by Crippen LogP contribution is -2.42. The molecule has 1 aromatic carbocycles. The second-order valence-corrected chi connectivity index (χ2v) is 5.96. The zero-order valence-corrected chi connectivity index (χ0v) is 11.2. The van der Waals surface area contributed by atoms with Crippen molar-refractivity contribution in [3.05, 3.63) is 36.1 Å². The van der Waals surface area contributed by atoms with E-state index in [0.29, 0.717) is 11.3 Å². The molecule has 2 N–H and O–H groups in total. The Bertz CT molecular complexity index is 569. The van der Waals surface area contributed by atoms with Gasteiger partial charge in [0.1, 0.15) is 5.58 Å². The van der Waals surface area contributed by atoms with Gasteiger partial charge in [0.15, 0.2) is 5.76 Å². The third kappa shape index (κ3) is 2.62. The minimum Gasteiger partial charge on any atom is -0.451 e. The van der Waals surface area contributed by atoms with Gasteiger partial charge in [0.05, 0.1) is 5.60 Å². The summed E-state index contributed by atoms with van der Waals surface area (Å²) in [6, 6.07) is 9.21. The Labute approximate surface area is 115 Å². The fourth-order valence-electron chi connectivity index (χ4n) is 2.16. The Balaban J connectivity index is 1.69. The Kier molecular flexibility index (Phi) is 3.24. The van der Waals surface area contributed by atoms with Gasteiger partial charge in [-0.05, 0) is 24.3 Å². The summed E-state index contributed by atoms with van der Waals surface area (Å²) in [5, 5.41) is 13.8. The fraction of sp³-hybridized carbons (Fsp3) is 0.357. The molecule has 2 aromatic rings. The number of carbonyl (C=O) groups is 1. The van der Waals surface area contributed by atoms with Gasteiger partial charge in [-0.1, -0.05) is 18.2 Å². The van der Waals surface area contributed by atoms with Crippen LogP contribution in [0.3, 0.4) is 0 Å². The van der Waals surface area contributed by atoms with E-state index in [1.165, 1.54) is 0 Å². The molecule has 19 heavy (non-hydrogen) atoms. The van der Waals surface area contributed by atoms with E-state index in [0.717, 1.165) is 17.6 Å². The van der Waals surface area contributed by atoms with Crippen LogP contribution < -0.4 is 5.32 Å². The molecule has 1 amide bonds. The van der Waals surface area contributed by atoms with Crippen LogP contribution in [0.15, 0.2) is 34.7 Å². The Hall–Kier alpha value is -1.46. The van der Waals surface area contributed by atoms with E-state index in [-0.39, 0.29) is 18.2 Å². The third-order valence-corrected chi connectivity index (χ3v) is 4.54. The first-order valence-corrected chi connectivity index (χ1v) is 7.39. The summed E-state index contributed by atoms with van der Waals surface area (Å²) in [4.78, 5) is 12.0. The summed E-state index contributed by atoms with van der Waals surface area (Å²) in [5.41, 5.74) is -0.0745. The standard InChI is InChI=1S/C14H15NO3S/c16-13(15-8-14(17)5-6-19-9-14)12-7-10-3-1-2-4-11(10)18-12/h1-4,7,17H,5-6,8-9H2,(H,15,16)/t14-/m0/s1. The third-order valence-electron chi connectivity index (χ3n) is 3.31. The Morgan fingerprint density at radius 3 is 3.05 bits per heavy atom. The quantitative estimate of drug-likeness (QED) is 0.901. The number of benzene rings is 1. The molecule has 0 bridgehead atoms. The summed E-state index contributed by atoms with van der Waals surface area (Å²) in [6.45, 7) is 0.274. The summed E-state index contributed by atoms with van der Waals surface area (Å²) in [6.07, 6.45) is 0.720. The highest BCUT2D eigenvalue weighted by atomic mass is 32.2. The van der Waals surface area contributed by atoms with Crippen molar-refractivity contribution < 1.29 is 14.3 Å². The van der Waals surface area contributed by atoms with Gasteiger partial charge in [-0.3, -0.25) is 4.79 Å². The second-order valence-electron chi connectivity index (χ2n) is 4.86. The van der Waals surface area contributed by atoms with Crippen molar-refractivity contribution in [1.82, 2.24) is 5.32 Å². The van der Waals surface area contributed by atoms with Crippen molar-refractivity contribution in [2.24, 2.45) is 0 Å². The molecular formula is C14H15NO3S. The van der Waals surface area contributed by atoms with Crippen molar-refractivity contribution >= 4 is 28.6 Å². The molecule has 0 unspecified atom stereocenters. The normalized spacial score (nSPS) is 22.8. The lowest BCUT2D eigenvalue weighted by Gasteiger charge is -2.20. The maximum Gasteiger partial charge on any atom is 0.287 e. The first-order chi connectivity index (χ1) is 9.16. The van der Waals surface area contributed by atoms with Gasteiger partial charge in [-0.25, -0.2) is 0 Å². The first kappa shape index (κ1) is 12.6. The number of hydrogen-bond acceptors (Lipinski definition) is 4. The van der Waals surface area contributed by atoms with Crippen LogP contribution in [0, 0.1) is 0 Å². The SMILES string of the molecule is O=C(NC[C@@]1(O)CCSC1)c1cc2ccccc2o1. The molecule has 1 fully saturated rings. The van der Waals surface area contributed by atoms with Crippen LogP contribution in [0.2, 0.25) is 0 Å². The number of hydrogen-bond donors (Lipinski definition) is 2. The van der Waals surface area contributed by atoms with Gasteiger partial charge >= 0.3 is 0 Å². The smallest absolute Gasteiger partial charge is 0.287 e. The molecule has 1 aromatic heterocycles. The zero-order valence-electron chi connectivity index (χ0n) is 10.4. The van der Waals surface area contributed by atoms with Crippen LogP contribution in [0.5, 0.6) is 0 Å². The summed E-state index contributed by atoms with van der Waals surface area (Å²) < 4.78 is 5.48. The molecule has 1 aliphatic heterocycles. The van der Waals surface area contributed by atoms with Gasteiger partial charge in [0.2, 0.25) is 0 Å². The molecule has 100 valence electrons. The predicted molar refractivity (Wildman–Crippen MR) is 75.4 cm³/mol. The number of thioether (sulfide) groups is 1. The lowest BCUT2D eigenvalue weighted by atomic mass is 10.0. The topological polar surface area (TPSA) is 62.5 Å². The molecule has 5 heteroatoms. The van der Waals surface area contributed by atoms with Crippen molar-refractivity contribution in [2.75, 3.05) is 18.1 Å². The van der Waals surface area contributed by atoms with Gasteiger partial charge in [-0.2, -0.15) is 11.8 Å². The minimum atomic E-state index is -0.771. The van der Waals surface area contributed by atoms with Crippen molar-refractivity contribution in [3.8, 4) is 0 Å². The molecule has 1 aliphatic rings. The predicted octanol–water partition coefficient (Wildman–Crippen LogP) is 2.03. The number of fused-ring (bicyclic) bond motifs is 1. The number of carbonyl (C=O) groups excluding carboxylic acids is 1. The van der Waals surface area contributed by atoms with E-state index in [4.69, 9.17) is 4.42 Å². The maximum atomic E-state index is 12.0. The number of aliphatic hydroxyl groups is 1. The van der Waals surface area contributed by atoms with Gasteiger partial charge < -0.3 is 14.8 Å². The van der Waals surface area contributed by atoms with Crippen molar-refractivity contribution in [1.29, 1.82) is 0 Å². The highest BCUT2D eigenvalue weighted by molar-refractivity contribution is 7.99. The number of furan rings is 1. The van der Waals surface area contributed by atoms with E-state index < -0.39 is 5.60 Å². The van der Waals surface area contributed by atoms with Crippen LogP contribution in [0.4, 0.5) is 0 Å². The van der Waals surface area contributed by atoms with Crippen molar-refractivity contribution in [2.45, 2.75) is 12.0 Å². The largest absolute Gasteiger partial charge is 0.451 e. The van der Waals surface area contributed by atoms with Gasteiger partial charge in [0, 0.05) is 17.7 Å². The fourth-order valence-corrected chi connectivity index (χ4v) is 3.46. The Morgan fingerprint density at radius 1 is 1.47 bits per heavy atom. The summed E-state index contributed by atoms with van der Waals surface area (Å²) in [5.74, 6) is 1.63. The van der Waals surface area contributed by atoms with Gasteiger partial charge in [0.25, 0.3) is 5.91 Å². The number of para-hydroxylation sites is 1. The van der Waals surface area contributed by atoms with E-state index >= 15 is 0 Å². The molecule has 1 atom stereocenters. The maximum absolute atomic E-state index is 12.0. The molecular weight excluding hydrogens is 262 g/mol. The average molecular weight is 277 g/mol. The van der Waals surface area contributed by atoms with E-state index in [1.54, 1.807) is 17.8 Å². The molecule has 0 spiro atoms. The van der Waals surface area contributed by atoms with Gasteiger partial charge in [-0.15, -0.1) is 0 Å². The highest BCUT2D eigenvalue weighted by Gasteiger charge is 2.32. The van der Waals surface area contributed by atoms with Crippen LogP contribution in [-0.2, 0) is 0 Å². The lowest BCUT2D eigenvalue weighted by molar-refractivity contribution is 0.0603. The minimum absolute atomic E-state index is 0.274. The summed E-state index contributed by atoms with van der Waals surface area (Å²) in [7, 11) is 0. The monoisotopic (exact) mass is 277 g/mol. The molecule has 2 heterocycles. The molecule has 1 saturated heterocycles. The second kappa shape index (κ2) is 4.90. The number of rotatable bonds is 3. The van der Waals surface area contributed by atoms with Crippen LogP contribution in [0.25, 0.3) is 11.0 Å². The van der Waals surface area contributed by atoms with Crippen LogP contribution >= 0.6 is 11.8 Å². The molecule has 0 aliphatic carbocycles. The van der Waals surface area contributed by atoms with E-state index in [2.05, 4.69) is 5.32 Å². The summed E-state index contributed by atoms with van der Waals surface area (Å²) >= 11 is 1.71. The first-order valence-electron chi connectivity index (χ1n) is 6.23. The van der Waals surface area contributed by atoms with E-state index in [1.807, 2.05) is 24.3 Å². The van der Waals surface area contributed by atoms with Crippen LogP contribution in [-0.4, -0.2) is 34.7 Å². The van der Waals surface area contributed by atoms with Crippen LogP contribution in [0.1, 0.15) is 17.0 Å². The van der Waals surface area contributed by atoms with E-state index in [9.17, 15) is 9.90 Å². The average Bonchev–Trinajstić information content (AvgIpc) is 3.02. The molecule has 0 saturated carbocycles. The molecule has 4 nitrogen and oxygen atoms in total. The molecule has 3 rings (SSSR count). The zero-order chi connectivity index (χ0) is 13.3. The number of nitrogens with one attached hydrogen (secondary N) is 1. The van der Waals surface area contributed by atoms with Crippen molar-refractivity contribution in [3.63, 3.8) is 0 Å². The Morgan fingerprint density at radius 2 is 2.32 bits per heavy atom. The molecule has 0 radical (unpaired) electrons. The number of amides is 1. The highest BCUT2D eigenvalue weighted by Crippen LogP contribution is 2.27.